The highest BCUT2D eigenvalue weighted by Gasteiger charge is 2.13. The molecule has 6 heteroatoms. The lowest BCUT2D eigenvalue weighted by Crippen LogP contribution is -1.99. The van der Waals surface area contributed by atoms with Crippen LogP contribution in [-0.2, 0) is 12.3 Å². The monoisotopic (exact) mass is 349 g/mol. The molecule has 0 aliphatic rings. The van der Waals surface area contributed by atoms with E-state index in [4.69, 9.17) is 0 Å². The van der Waals surface area contributed by atoms with Crippen molar-refractivity contribution in [1.29, 1.82) is 0 Å². The summed E-state index contributed by atoms with van der Waals surface area (Å²) in [6.07, 6.45) is 4.18. The Morgan fingerprint density at radius 1 is 1.00 bits per heavy atom. The van der Waals surface area contributed by atoms with Crippen molar-refractivity contribution in [3.05, 3.63) is 66.1 Å². The molecule has 0 amide bonds. The van der Waals surface area contributed by atoms with E-state index < -0.39 is 0 Å². The van der Waals surface area contributed by atoms with Gasteiger partial charge in [0, 0.05) is 30.3 Å². The van der Waals surface area contributed by atoms with Crippen LogP contribution in [0.4, 0.5) is 0 Å². The van der Waals surface area contributed by atoms with Crippen molar-refractivity contribution in [2.45, 2.75) is 31.3 Å². The van der Waals surface area contributed by atoms with E-state index in [1.54, 1.807) is 11.8 Å². The molecule has 0 unspecified atom stereocenters. The quantitative estimate of drug-likeness (QED) is 0.506. The first-order chi connectivity index (χ1) is 12.2. The minimum atomic E-state index is 0.771. The Hall–Kier alpha value is -2.60. The SMILES string of the molecule is CCn1c(SCc2cn3cc(C)ccc3n2)nnc1-c1ccccc1. The van der Waals surface area contributed by atoms with Crippen LogP contribution in [0, 0.1) is 6.92 Å². The van der Waals surface area contributed by atoms with E-state index in [0.29, 0.717) is 0 Å². The zero-order chi connectivity index (χ0) is 17.2. The van der Waals surface area contributed by atoms with Crippen molar-refractivity contribution in [3.63, 3.8) is 0 Å². The molecule has 0 N–H and O–H groups in total. The molecule has 0 aliphatic heterocycles. The number of imidazole rings is 1. The van der Waals surface area contributed by atoms with Crippen molar-refractivity contribution in [2.75, 3.05) is 0 Å². The number of fused-ring (bicyclic) bond motifs is 1. The Bertz CT molecular complexity index is 1000. The predicted molar refractivity (Wildman–Crippen MR) is 101 cm³/mol. The van der Waals surface area contributed by atoms with Crippen LogP contribution in [0.5, 0.6) is 0 Å². The zero-order valence-electron chi connectivity index (χ0n) is 14.3. The molecule has 0 fully saturated rings. The number of rotatable bonds is 5. The summed E-state index contributed by atoms with van der Waals surface area (Å²) in [6.45, 7) is 5.04. The molecule has 0 aliphatic carbocycles. The summed E-state index contributed by atoms with van der Waals surface area (Å²) in [6, 6.07) is 14.3. The fourth-order valence-corrected chi connectivity index (χ4v) is 3.73. The number of aromatic nitrogens is 5. The summed E-state index contributed by atoms with van der Waals surface area (Å²) in [5.74, 6) is 1.68. The lowest BCUT2D eigenvalue weighted by atomic mass is 10.2. The van der Waals surface area contributed by atoms with Gasteiger partial charge in [-0.3, -0.25) is 0 Å². The number of pyridine rings is 1. The molecule has 0 saturated carbocycles. The van der Waals surface area contributed by atoms with Crippen molar-refractivity contribution in [2.24, 2.45) is 0 Å². The van der Waals surface area contributed by atoms with E-state index in [9.17, 15) is 0 Å². The number of thioether (sulfide) groups is 1. The first-order valence-electron chi connectivity index (χ1n) is 8.30. The van der Waals surface area contributed by atoms with Crippen LogP contribution in [0.1, 0.15) is 18.2 Å². The molecule has 4 rings (SSSR count). The largest absolute Gasteiger partial charge is 0.307 e. The van der Waals surface area contributed by atoms with Gasteiger partial charge in [0.2, 0.25) is 0 Å². The number of nitrogens with zero attached hydrogens (tertiary/aromatic N) is 5. The van der Waals surface area contributed by atoms with Gasteiger partial charge in [-0.05, 0) is 25.5 Å². The van der Waals surface area contributed by atoms with Crippen LogP contribution in [0.3, 0.4) is 0 Å². The van der Waals surface area contributed by atoms with E-state index in [1.807, 2.05) is 24.3 Å². The third-order valence-corrected chi connectivity index (χ3v) is 5.06. The van der Waals surface area contributed by atoms with Crippen LogP contribution < -0.4 is 0 Å². The first kappa shape index (κ1) is 15.9. The van der Waals surface area contributed by atoms with Gasteiger partial charge in [-0.2, -0.15) is 0 Å². The molecule has 0 radical (unpaired) electrons. The number of hydrogen-bond acceptors (Lipinski definition) is 4. The van der Waals surface area contributed by atoms with Crippen LogP contribution in [0.25, 0.3) is 17.0 Å². The van der Waals surface area contributed by atoms with Gasteiger partial charge >= 0.3 is 0 Å². The van der Waals surface area contributed by atoms with Gasteiger partial charge in [-0.15, -0.1) is 10.2 Å². The van der Waals surface area contributed by atoms with Crippen molar-refractivity contribution in [3.8, 4) is 11.4 Å². The standard InChI is InChI=1S/C19H19N5S/c1-3-24-18(15-7-5-4-6-8-15)21-22-19(24)25-13-16-12-23-11-14(2)9-10-17(23)20-16/h4-12H,3,13H2,1-2H3. The Morgan fingerprint density at radius 2 is 1.84 bits per heavy atom. The minimum absolute atomic E-state index is 0.771. The molecule has 126 valence electrons. The summed E-state index contributed by atoms with van der Waals surface area (Å²) in [5.41, 5.74) is 4.33. The van der Waals surface area contributed by atoms with Gasteiger partial charge in [-0.25, -0.2) is 4.98 Å². The minimum Gasteiger partial charge on any atom is -0.307 e. The molecule has 0 saturated heterocycles. The maximum absolute atomic E-state index is 4.67. The Balaban J connectivity index is 1.57. The zero-order valence-corrected chi connectivity index (χ0v) is 15.1. The second kappa shape index (κ2) is 6.72. The van der Waals surface area contributed by atoms with Crippen LogP contribution in [0.15, 0.2) is 60.0 Å². The topological polar surface area (TPSA) is 48.0 Å². The Kier molecular flexibility index (Phi) is 4.28. The highest BCUT2D eigenvalue weighted by atomic mass is 32.2. The predicted octanol–water partition coefficient (Wildman–Crippen LogP) is 4.21. The van der Waals surface area contributed by atoms with Gasteiger partial charge in [-0.1, -0.05) is 48.2 Å². The van der Waals surface area contributed by atoms with E-state index in [1.165, 1.54) is 5.56 Å². The highest BCUT2D eigenvalue weighted by molar-refractivity contribution is 7.98. The second-order valence-electron chi connectivity index (χ2n) is 5.91. The molecule has 1 aromatic carbocycles. The van der Waals surface area contributed by atoms with Gasteiger partial charge in [0.1, 0.15) is 5.65 Å². The van der Waals surface area contributed by atoms with Crippen molar-refractivity contribution < 1.29 is 0 Å². The van der Waals surface area contributed by atoms with Gasteiger partial charge in [0.25, 0.3) is 0 Å². The molecule has 3 aromatic heterocycles. The lowest BCUT2D eigenvalue weighted by molar-refractivity contribution is 0.687. The van der Waals surface area contributed by atoms with Crippen molar-refractivity contribution in [1.82, 2.24) is 24.1 Å². The summed E-state index contributed by atoms with van der Waals surface area (Å²) >= 11 is 1.67. The van der Waals surface area contributed by atoms with Gasteiger partial charge in [0.15, 0.2) is 11.0 Å². The number of aryl methyl sites for hydroxylation is 1. The molecular formula is C19H19N5S. The second-order valence-corrected chi connectivity index (χ2v) is 6.85. The van der Waals surface area contributed by atoms with E-state index in [-0.39, 0.29) is 0 Å². The molecule has 0 spiro atoms. The molecule has 4 aromatic rings. The molecule has 3 heterocycles. The number of hydrogen-bond donors (Lipinski definition) is 0. The fraction of sp³-hybridized carbons (Fsp3) is 0.211. The van der Waals surface area contributed by atoms with Crippen LogP contribution in [-0.4, -0.2) is 24.1 Å². The van der Waals surface area contributed by atoms with Gasteiger partial charge in [0.05, 0.1) is 5.69 Å². The molecular weight excluding hydrogens is 330 g/mol. The summed E-state index contributed by atoms with van der Waals surface area (Å²) in [5, 5.41) is 9.70. The summed E-state index contributed by atoms with van der Waals surface area (Å²) < 4.78 is 4.23. The third kappa shape index (κ3) is 3.17. The average Bonchev–Trinajstić information content (AvgIpc) is 3.23. The summed E-state index contributed by atoms with van der Waals surface area (Å²) in [7, 11) is 0. The molecule has 5 nitrogen and oxygen atoms in total. The van der Waals surface area contributed by atoms with Gasteiger partial charge < -0.3 is 8.97 Å². The molecule has 0 atom stereocenters. The van der Waals surface area contributed by atoms with E-state index >= 15 is 0 Å². The Morgan fingerprint density at radius 3 is 2.64 bits per heavy atom. The van der Waals surface area contributed by atoms with Crippen molar-refractivity contribution >= 4 is 17.4 Å². The first-order valence-corrected chi connectivity index (χ1v) is 9.29. The summed E-state index contributed by atoms with van der Waals surface area (Å²) in [4.78, 5) is 4.67. The molecule has 0 bridgehead atoms. The average molecular weight is 349 g/mol. The molecule has 25 heavy (non-hydrogen) atoms. The maximum Gasteiger partial charge on any atom is 0.191 e. The highest BCUT2D eigenvalue weighted by Crippen LogP contribution is 2.26. The van der Waals surface area contributed by atoms with E-state index in [0.717, 1.165) is 40.2 Å². The van der Waals surface area contributed by atoms with E-state index in [2.05, 4.69) is 68.6 Å². The normalized spacial score (nSPS) is 11.3. The smallest absolute Gasteiger partial charge is 0.191 e. The lowest BCUT2D eigenvalue weighted by Gasteiger charge is -2.06. The van der Waals surface area contributed by atoms with Crippen LogP contribution in [0.2, 0.25) is 0 Å². The number of benzene rings is 1. The fourth-order valence-electron chi connectivity index (χ4n) is 2.84. The maximum atomic E-state index is 4.67. The third-order valence-electron chi connectivity index (χ3n) is 4.06. The van der Waals surface area contributed by atoms with Crippen LogP contribution >= 0.6 is 11.8 Å². The Labute approximate surface area is 150 Å².